The van der Waals surface area contributed by atoms with Gasteiger partial charge in [-0.2, -0.15) is 0 Å². The minimum atomic E-state index is -0.0112. The molecule has 0 aromatic heterocycles. The van der Waals surface area contributed by atoms with Crippen LogP contribution >= 0.6 is 0 Å². The molecule has 0 fully saturated rings. The molecule has 3 aliphatic rings. The Hall–Kier alpha value is -2.81. The Kier molecular flexibility index (Phi) is 4.12. The van der Waals surface area contributed by atoms with E-state index in [4.69, 9.17) is 4.74 Å². The third kappa shape index (κ3) is 2.82. The van der Waals surface area contributed by atoms with Crippen molar-refractivity contribution in [1.29, 1.82) is 0 Å². The number of hydrogen-bond acceptors (Lipinski definition) is 2. The molecule has 0 spiro atoms. The van der Waals surface area contributed by atoms with Crippen molar-refractivity contribution in [3.05, 3.63) is 63.7 Å². The molecule has 160 valence electrons. The lowest BCUT2D eigenvalue weighted by molar-refractivity contribution is 0.435. The quantitative estimate of drug-likeness (QED) is 0.614. The van der Waals surface area contributed by atoms with Crippen LogP contribution in [0.1, 0.15) is 65.2 Å². The van der Waals surface area contributed by atoms with E-state index < -0.39 is 0 Å². The summed E-state index contributed by atoms with van der Waals surface area (Å²) in [7, 11) is 2.16. The molecule has 0 amide bonds. The third-order valence-electron chi connectivity index (χ3n) is 7.45. The molecule has 2 aromatic carbocycles. The van der Waals surface area contributed by atoms with Crippen molar-refractivity contribution >= 4 is 22.9 Å². The molecule has 3 aliphatic heterocycles. The van der Waals surface area contributed by atoms with Crippen LogP contribution in [-0.2, 0) is 0 Å². The Labute approximate surface area is 185 Å². The Balaban J connectivity index is 1.77. The first-order chi connectivity index (χ1) is 14.5. The summed E-state index contributed by atoms with van der Waals surface area (Å²) in [4.78, 5) is 2.47. The largest absolute Gasteiger partial charge is 0.456 e. The predicted octanol–water partition coefficient (Wildman–Crippen LogP) is 4.96. The normalized spacial score (nSPS) is 19.7. The van der Waals surface area contributed by atoms with Gasteiger partial charge in [-0.15, -0.1) is 0 Å². The van der Waals surface area contributed by atoms with E-state index in [9.17, 15) is 0 Å². The fourth-order valence-electron chi connectivity index (χ4n) is 5.43. The highest BCUT2D eigenvalue weighted by molar-refractivity contribution is 5.87. The van der Waals surface area contributed by atoms with Gasteiger partial charge in [-0.25, -0.2) is 4.58 Å². The minimum absolute atomic E-state index is 0.00882. The first-order valence-corrected chi connectivity index (χ1v) is 11.3. The first-order valence-electron chi connectivity index (χ1n) is 11.3. The third-order valence-corrected chi connectivity index (χ3v) is 7.45. The van der Waals surface area contributed by atoms with Crippen LogP contribution in [0.2, 0.25) is 0 Å². The molecule has 0 atom stereocenters. The predicted molar refractivity (Wildman–Crippen MR) is 131 cm³/mol. The lowest BCUT2D eigenvalue weighted by Crippen LogP contribution is -2.46. The molecule has 0 N–H and O–H groups in total. The summed E-state index contributed by atoms with van der Waals surface area (Å²) in [5.41, 5.74) is 7.62. The van der Waals surface area contributed by atoms with Crippen molar-refractivity contribution < 1.29 is 4.74 Å². The van der Waals surface area contributed by atoms with Crippen molar-refractivity contribution in [2.45, 2.75) is 59.5 Å². The Morgan fingerprint density at radius 2 is 1.71 bits per heavy atom. The summed E-state index contributed by atoms with van der Waals surface area (Å²) in [6.07, 6.45) is 6.91. The van der Waals surface area contributed by atoms with E-state index in [1.807, 2.05) is 0 Å². The maximum absolute atomic E-state index is 6.58. The van der Waals surface area contributed by atoms with Crippen LogP contribution in [0, 0.1) is 0 Å². The van der Waals surface area contributed by atoms with E-state index in [1.165, 1.54) is 44.1 Å². The molecule has 3 heteroatoms. The van der Waals surface area contributed by atoms with Crippen molar-refractivity contribution in [1.82, 2.24) is 4.58 Å². The molecule has 3 nitrogen and oxygen atoms in total. The number of benzene rings is 2. The van der Waals surface area contributed by atoms with Gasteiger partial charge in [-0.1, -0.05) is 6.08 Å². The van der Waals surface area contributed by atoms with Crippen LogP contribution in [-0.4, -0.2) is 24.7 Å². The summed E-state index contributed by atoms with van der Waals surface area (Å²) >= 11 is 0. The molecule has 0 saturated carbocycles. The average molecular weight is 414 g/mol. The van der Waals surface area contributed by atoms with Crippen molar-refractivity contribution in [3.8, 4) is 11.5 Å². The van der Waals surface area contributed by atoms with E-state index in [1.54, 1.807) is 0 Å². The van der Waals surface area contributed by atoms with Crippen LogP contribution in [0.15, 0.2) is 36.4 Å². The molecule has 31 heavy (non-hydrogen) atoms. The van der Waals surface area contributed by atoms with Gasteiger partial charge in [0.2, 0.25) is 5.36 Å². The SMILES string of the molecule is CCN1c2cc3c(cc2C(C)=CC1(C)C)C(C)=c1cc2c(cc1O3)=[N+](C)C(C)(C)C=C2. The van der Waals surface area contributed by atoms with Gasteiger partial charge < -0.3 is 9.64 Å². The van der Waals surface area contributed by atoms with Gasteiger partial charge in [0.1, 0.15) is 18.5 Å². The van der Waals surface area contributed by atoms with E-state index >= 15 is 0 Å². The zero-order valence-electron chi connectivity index (χ0n) is 20.1. The number of ether oxygens (including phenoxy) is 1. The monoisotopic (exact) mass is 413 g/mol. The van der Waals surface area contributed by atoms with Gasteiger partial charge >= 0.3 is 0 Å². The van der Waals surface area contributed by atoms with Crippen LogP contribution < -0.4 is 24.8 Å². The highest BCUT2D eigenvalue weighted by Crippen LogP contribution is 2.45. The molecule has 0 bridgehead atoms. The maximum Gasteiger partial charge on any atom is 0.211 e. The van der Waals surface area contributed by atoms with Crippen molar-refractivity contribution in [2.75, 3.05) is 18.5 Å². The molecular weight excluding hydrogens is 380 g/mol. The Morgan fingerprint density at radius 1 is 0.968 bits per heavy atom. The molecule has 0 aliphatic carbocycles. The summed E-state index contributed by atoms with van der Waals surface area (Å²) in [5, 5.41) is 2.41. The van der Waals surface area contributed by atoms with E-state index in [2.05, 4.69) is 107 Å². The van der Waals surface area contributed by atoms with Gasteiger partial charge in [0.15, 0.2) is 5.54 Å². The van der Waals surface area contributed by atoms with Gasteiger partial charge in [0, 0.05) is 54.1 Å². The van der Waals surface area contributed by atoms with Gasteiger partial charge in [0.05, 0.1) is 11.6 Å². The fraction of sp³-hybridized carbons (Fsp3) is 0.393. The fourth-order valence-corrected chi connectivity index (χ4v) is 5.43. The smallest absolute Gasteiger partial charge is 0.211 e. The number of nitrogens with zero attached hydrogens (tertiary/aromatic N) is 2. The second-order valence-electron chi connectivity index (χ2n) is 10.3. The minimum Gasteiger partial charge on any atom is -0.456 e. The topological polar surface area (TPSA) is 15.5 Å². The van der Waals surface area contributed by atoms with Crippen LogP contribution in [0.5, 0.6) is 11.5 Å². The zero-order chi connectivity index (χ0) is 22.3. The molecule has 3 heterocycles. The standard InChI is InChI=1S/C28H33N2O/c1-9-30-24-15-26-22(13-20(24)17(2)16-28(30,6)7)18(3)21-12-19-10-11-27(4,5)29(8)23(19)14-25(21)31-26/h10-16H,9H2,1-8H3/q+1. The van der Waals surface area contributed by atoms with Crippen molar-refractivity contribution in [2.24, 2.45) is 0 Å². The second kappa shape index (κ2) is 6.35. The average Bonchev–Trinajstić information content (AvgIpc) is 2.69. The lowest BCUT2D eigenvalue weighted by Gasteiger charge is -2.43. The number of likely N-dealkylation sites (N-methyl/N-ethyl adjacent to an activating group) is 2. The Morgan fingerprint density at radius 3 is 2.42 bits per heavy atom. The highest BCUT2D eigenvalue weighted by atomic mass is 16.5. The van der Waals surface area contributed by atoms with Gasteiger partial charge in [0.25, 0.3) is 0 Å². The number of anilines is 1. The Bertz CT molecular complexity index is 1320. The summed E-state index contributed by atoms with van der Waals surface area (Å²) in [5.74, 6) is 1.91. The summed E-state index contributed by atoms with van der Waals surface area (Å²) in [6.45, 7) is 16.7. The highest BCUT2D eigenvalue weighted by Gasteiger charge is 2.33. The molecule has 0 unspecified atom stereocenters. The molecule has 5 rings (SSSR count). The molecule has 0 saturated heterocycles. The molecule has 2 aromatic rings. The van der Waals surface area contributed by atoms with E-state index in [-0.39, 0.29) is 11.1 Å². The van der Waals surface area contributed by atoms with E-state index in [0.717, 1.165) is 18.0 Å². The lowest BCUT2D eigenvalue weighted by atomic mass is 9.86. The van der Waals surface area contributed by atoms with Crippen LogP contribution in [0.25, 0.3) is 17.2 Å². The van der Waals surface area contributed by atoms with Gasteiger partial charge in [-0.05, 0) is 70.0 Å². The molecular formula is C28H33N2O+. The van der Waals surface area contributed by atoms with Gasteiger partial charge in [-0.3, -0.25) is 0 Å². The number of hydrogen-bond donors (Lipinski definition) is 0. The summed E-state index contributed by atoms with van der Waals surface area (Å²) in [6, 6.07) is 9.09. The maximum atomic E-state index is 6.58. The number of rotatable bonds is 1. The zero-order valence-corrected chi connectivity index (χ0v) is 20.1. The molecule has 0 radical (unpaired) electrons. The number of allylic oxidation sites excluding steroid dienone is 1. The second-order valence-corrected chi connectivity index (χ2v) is 10.3. The number of fused-ring (bicyclic) bond motifs is 4. The van der Waals surface area contributed by atoms with Crippen LogP contribution in [0.4, 0.5) is 5.69 Å². The van der Waals surface area contributed by atoms with Crippen LogP contribution in [0.3, 0.4) is 0 Å². The van der Waals surface area contributed by atoms with E-state index in [0.29, 0.717) is 0 Å². The summed E-state index contributed by atoms with van der Waals surface area (Å²) < 4.78 is 8.91. The first kappa shape index (κ1) is 20.1. The van der Waals surface area contributed by atoms with Crippen molar-refractivity contribution in [3.63, 3.8) is 0 Å².